The van der Waals surface area contributed by atoms with Crippen LogP contribution in [0.2, 0.25) is 4.34 Å². The van der Waals surface area contributed by atoms with Gasteiger partial charge in [-0.1, -0.05) is 41.9 Å². The second-order valence-electron chi connectivity index (χ2n) is 8.78. The van der Waals surface area contributed by atoms with E-state index in [1.807, 2.05) is 30.3 Å². The molecular formula is C26H29ClN6O7S2. The minimum Gasteiger partial charge on any atom is -0.496 e. The zero-order valence-electron chi connectivity index (χ0n) is 22.3. The summed E-state index contributed by atoms with van der Waals surface area (Å²) in [5.41, 5.74) is 13.3. The number of ether oxygens (including phenoxy) is 1. The van der Waals surface area contributed by atoms with Gasteiger partial charge in [0.1, 0.15) is 9.96 Å². The first-order valence-corrected chi connectivity index (χ1v) is 15.0. The van der Waals surface area contributed by atoms with Gasteiger partial charge in [-0.2, -0.15) is 5.10 Å². The third-order valence-electron chi connectivity index (χ3n) is 5.83. The van der Waals surface area contributed by atoms with Crippen LogP contribution in [0.1, 0.15) is 24.0 Å². The lowest BCUT2D eigenvalue weighted by molar-refractivity contribution is -0.124. The van der Waals surface area contributed by atoms with E-state index in [-0.39, 0.29) is 41.8 Å². The van der Waals surface area contributed by atoms with Gasteiger partial charge in [-0.05, 0) is 41.8 Å². The van der Waals surface area contributed by atoms with Crippen LogP contribution in [-0.4, -0.2) is 54.7 Å². The van der Waals surface area contributed by atoms with E-state index in [9.17, 15) is 18.0 Å². The van der Waals surface area contributed by atoms with E-state index in [0.717, 1.165) is 22.5 Å². The predicted octanol–water partition coefficient (Wildman–Crippen LogP) is 2.52. The molecule has 0 saturated heterocycles. The van der Waals surface area contributed by atoms with Crippen molar-refractivity contribution in [3.8, 4) is 5.75 Å². The van der Waals surface area contributed by atoms with Crippen LogP contribution in [0.25, 0.3) is 10.9 Å². The summed E-state index contributed by atoms with van der Waals surface area (Å²) in [6, 6.07) is 15.0. The van der Waals surface area contributed by atoms with Crippen molar-refractivity contribution in [3.63, 3.8) is 0 Å². The Morgan fingerprint density at radius 1 is 1.19 bits per heavy atom. The summed E-state index contributed by atoms with van der Waals surface area (Å²) < 4.78 is 36.2. The Hall–Kier alpha value is -4.18. The highest BCUT2D eigenvalue weighted by Crippen LogP contribution is 2.35. The summed E-state index contributed by atoms with van der Waals surface area (Å²) in [7, 11) is -2.43. The topological polar surface area (TPSA) is 209 Å². The first-order valence-electron chi connectivity index (χ1n) is 12.3. The lowest BCUT2D eigenvalue weighted by atomic mass is 10.1. The number of nitrogens with two attached hydrogens (primary N) is 2. The number of methoxy groups -OCH3 is 1. The van der Waals surface area contributed by atoms with Crippen LogP contribution >= 0.6 is 22.9 Å². The van der Waals surface area contributed by atoms with Crippen molar-refractivity contribution >= 4 is 68.0 Å². The number of carbonyl (C=O) groups excluding carboxylic acids is 2. The van der Waals surface area contributed by atoms with E-state index in [1.165, 1.54) is 19.2 Å². The van der Waals surface area contributed by atoms with E-state index in [2.05, 4.69) is 15.1 Å². The van der Waals surface area contributed by atoms with Crippen LogP contribution in [-0.2, 0) is 37.5 Å². The van der Waals surface area contributed by atoms with E-state index in [4.69, 9.17) is 37.7 Å². The molecule has 0 aliphatic carbocycles. The highest BCUT2D eigenvalue weighted by Gasteiger charge is 2.23. The highest BCUT2D eigenvalue weighted by molar-refractivity contribution is 7.94. The van der Waals surface area contributed by atoms with Crippen molar-refractivity contribution in [1.82, 2.24) is 15.1 Å². The van der Waals surface area contributed by atoms with E-state index < -0.39 is 22.0 Å². The lowest BCUT2D eigenvalue weighted by Crippen LogP contribution is -2.40. The van der Waals surface area contributed by atoms with Crippen LogP contribution in [0.15, 0.2) is 58.8 Å². The number of anilines is 1. The molecule has 2 aromatic carbocycles. The average molecular weight is 637 g/mol. The van der Waals surface area contributed by atoms with Gasteiger partial charge >= 0.3 is 0 Å². The van der Waals surface area contributed by atoms with Gasteiger partial charge in [0, 0.05) is 13.0 Å². The predicted molar refractivity (Wildman–Crippen MR) is 159 cm³/mol. The van der Waals surface area contributed by atoms with Gasteiger partial charge in [-0.25, -0.2) is 8.42 Å². The Labute approximate surface area is 250 Å². The van der Waals surface area contributed by atoms with Crippen molar-refractivity contribution in [2.45, 2.75) is 36.2 Å². The Morgan fingerprint density at radius 3 is 2.52 bits per heavy atom. The molecule has 0 radical (unpaired) electrons. The Kier molecular flexibility index (Phi) is 11.3. The summed E-state index contributed by atoms with van der Waals surface area (Å²) >= 11 is 6.88. The number of hydrogen-bond acceptors (Lipinski definition) is 9. The number of primary amides is 1. The van der Waals surface area contributed by atoms with E-state index >= 15 is 0 Å². The molecule has 4 aromatic rings. The SMILES string of the molecule is COc1cccc2c1c(NS(=O)(=O)c1ccc(Cl)s1)nn2Cc1cccc(CNC(=O)[C@@H](N)CCC(N)=O)c1.O=CO. The zero-order valence-corrected chi connectivity index (χ0v) is 24.7. The fourth-order valence-corrected chi connectivity index (χ4v) is 6.43. The molecular weight excluding hydrogens is 608 g/mol. The maximum Gasteiger partial charge on any atom is 0.290 e. The number of hydrogen-bond donors (Lipinski definition) is 5. The number of carboxylic acid groups (broad SMARTS) is 1. The molecule has 16 heteroatoms. The fraction of sp³-hybridized carbons (Fsp3) is 0.231. The van der Waals surface area contributed by atoms with Crippen molar-refractivity contribution < 1.29 is 32.6 Å². The number of halogens is 1. The number of nitrogens with one attached hydrogen (secondary N) is 2. The Bertz CT molecular complexity index is 1670. The molecule has 2 aromatic heterocycles. The minimum atomic E-state index is -3.93. The number of thiophene rings is 1. The molecule has 4 rings (SSSR count). The van der Waals surface area contributed by atoms with E-state index in [1.54, 1.807) is 16.8 Å². The Balaban J connectivity index is 0.00000155. The van der Waals surface area contributed by atoms with Crippen molar-refractivity contribution in [3.05, 3.63) is 70.1 Å². The highest BCUT2D eigenvalue weighted by atomic mass is 35.5. The molecule has 0 fully saturated rings. The van der Waals surface area contributed by atoms with Crippen LogP contribution < -0.4 is 26.2 Å². The molecule has 42 heavy (non-hydrogen) atoms. The fourth-order valence-electron chi connectivity index (χ4n) is 3.94. The monoisotopic (exact) mass is 636 g/mol. The number of amides is 2. The molecule has 0 saturated carbocycles. The molecule has 224 valence electrons. The van der Waals surface area contributed by atoms with Crippen molar-refractivity contribution in [2.75, 3.05) is 11.8 Å². The smallest absolute Gasteiger partial charge is 0.290 e. The molecule has 0 bridgehead atoms. The van der Waals surface area contributed by atoms with Crippen LogP contribution in [0.4, 0.5) is 5.82 Å². The normalized spacial score (nSPS) is 11.7. The first kappa shape index (κ1) is 32.3. The molecule has 2 heterocycles. The molecule has 7 N–H and O–H groups in total. The standard InChI is InChI=1S/C25H27ClN6O5S2.CH2O2/c1-37-19-7-3-6-18-23(19)24(31-39(35,36)22-11-9-20(26)38-22)30-32(18)14-16-5-2-4-15(12-16)13-29-25(34)17(27)8-10-21(28)33;2-1-3/h2-7,9,11-12,17H,8,10,13-14,27H2,1H3,(H2,28,33)(H,29,34)(H,30,31);1H,(H,2,3)/t17-;/m0./s1. The minimum absolute atomic E-state index is 0.0336. The van der Waals surface area contributed by atoms with Gasteiger partial charge in [0.15, 0.2) is 5.82 Å². The first-order chi connectivity index (χ1) is 20.0. The summed E-state index contributed by atoms with van der Waals surface area (Å²) in [6.45, 7) is 0.301. The third kappa shape index (κ3) is 8.42. The number of benzene rings is 2. The second kappa shape index (κ2) is 14.6. The number of rotatable bonds is 12. The van der Waals surface area contributed by atoms with Crippen LogP contribution in [0, 0.1) is 0 Å². The molecule has 0 unspecified atom stereocenters. The maximum absolute atomic E-state index is 13.0. The zero-order chi connectivity index (χ0) is 30.9. The molecule has 0 spiro atoms. The molecule has 2 amide bonds. The molecule has 0 aliphatic rings. The summed E-state index contributed by atoms with van der Waals surface area (Å²) in [5, 5.41) is 14.7. The molecule has 13 nitrogen and oxygen atoms in total. The summed E-state index contributed by atoms with van der Waals surface area (Å²) in [4.78, 5) is 31.5. The number of fused-ring (bicyclic) bond motifs is 1. The second-order valence-corrected chi connectivity index (χ2v) is 12.4. The molecule has 0 aliphatic heterocycles. The van der Waals surface area contributed by atoms with E-state index in [0.29, 0.717) is 27.5 Å². The average Bonchev–Trinajstić information content (AvgIpc) is 3.54. The summed E-state index contributed by atoms with van der Waals surface area (Å²) in [6.07, 6.45) is 0.203. The third-order valence-corrected chi connectivity index (χ3v) is 8.90. The Morgan fingerprint density at radius 2 is 1.88 bits per heavy atom. The van der Waals surface area contributed by atoms with Crippen LogP contribution in [0.3, 0.4) is 0 Å². The molecule has 1 atom stereocenters. The quantitative estimate of drug-likeness (QED) is 0.144. The van der Waals surface area contributed by atoms with Gasteiger partial charge in [0.05, 0.1) is 34.9 Å². The lowest BCUT2D eigenvalue weighted by Gasteiger charge is -2.12. The summed E-state index contributed by atoms with van der Waals surface area (Å²) in [5.74, 6) is -0.303. The van der Waals surface area contributed by atoms with Crippen LogP contribution in [0.5, 0.6) is 5.75 Å². The van der Waals surface area contributed by atoms with Crippen molar-refractivity contribution in [2.24, 2.45) is 11.5 Å². The van der Waals surface area contributed by atoms with Gasteiger partial charge in [-0.3, -0.25) is 23.8 Å². The van der Waals surface area contributed by atoms with Gasteiger partial charge in [0.2, 0.25) is 11.8 Å². The number of sulfonamides is 1. The van der Waals surface area contributed by atoms with Gasteiger partial charge < -0.3 is 26.6 Å². The van der Waals surface area contributed by atoms with Gasteiger partial charge in [0.25, 0.3) is 16.5 Å². The largest absolute Gasteiger partial charge is 0.496 e. The number of aromatic nitrogens is 2. The number of carbonyl (C=O) groups is 3. The number of nitrogens with zero attached hydrogens (tertiary/aromatic N) is 2. The maximum atomic E-state index is 13.0. The van der Waals surface area contributed by atoms with Gasteiger partial charge in [-0.15, -0.1) is 11.3 Å². The van der Waals surface area contributed by atoms with Crippen molar-refractivity contribution in [1.29, 1.82) is 0 Å².